The first-order valence-electron chi connectivity index (χ1n) is 11.3. The van der Waals surface area contributed by atoms with Crippen LogP contribution in [0.3, 0.4) is 0 Å². The Kier molecular flexibility index (Phi) is 5.74. The van der Waals surface area contributed by atoms with Crippen LogP contribution >= 0.6 is 0 Å². The fourth-order valence-electron chi connectivity index (χ4n) is 4.36. The summed E-state index contributed by atoms with van der Waals surface area (Å²) in [4.78, 5) is 24.4. The van der Waals surface area contributed by atoms with Gasteiger partial charge in [0, 0.05) is 35.9 Å². The number of benzene rings is 1. The van der Waals surface area contributed by atoms with Crippen LogP contribution in [0.5, 0.6) is 0 Å². The number of nitrogens with one attached hydrogen (secondary N) is 3. The molecule has 1 aromatic carbocycles. The second kappa shape index (κ2) is 8.80. The van der Waals surface area contributed by atoms with Crippen molar-refractivity contribution in [3.63, 3.8) is 0 Å². The summed E-state index contributed by atoms with van der Waals surface area (Å²) in [5.41, 5.74) is 4.04. The molecule has 1 aromatic heterocycles. The molecule has 1 unspecified atom stereocenters. The highest BCUT2D eigenvalue weighted by molar-refractivity contribution is 5.89. The van der Waals surface area contributed by atoms with Crippen LogP contribution in [0.4, 0.5) is 16.3 Å². The molecule has 0 spiro atoms. The Hall–Kier alpha value is -2.71. The van der Waals surface area contributed by atoms with Gasteiger partial charge in [0.05, 0.1) is 24.9 Å². The third kappa shape index (κ3) is 4.36. The number of hydrogen-bond donors (Lipinski definition) is 3. The standard InChI is InChI=1S/C23H30N6O2/c1-15-14-31-12-11-29(15)22-19-9-10-24-13-20(19)27-21(28-22)16-5-7-18(8-6-16)26-23(30)25-17-3-2-4-17/h5-8,15,17,24H,2-4,9-14H2,1H3,(H2,25,26,30). The number of amides is 2. The molecule has 2 fully saturated rings. The number of fused-ring (bicyclic) bond motifs is 1. The predicted octanol–water partition coefficient (Wildman–Crippen LogP) is 2.69. The lowest BCUT2D eigenvalue weighted by Gasteiger charge is -2.36. The minimum Gasteiger partial charge on any atom is -0.377 e. The molecule has 1 aliphatic carbocycles. The zero-order chi connectivity index (χ0) is 21.2. The van der Waals surface area contributed by atoms with Crippen molar-refractivity contribution in [3.05, 3.63) is 35.5 Å². The van der Waals surface area contributed by atoms with Gasteiger partial charge in [-0.1, -0.05) is 0 Å². The molecule has 2 amide bonds. The third-order valence-electron chi connectivity index (χ3n) is 6.40. The summed E-state index contributed by atoms with van der Waals surface area (Å²) in [6, 6.07) is 8.24. The van der Waals surface area contributed by atoms with Gasteiger partial charge in [0.1, 0.15) is 5.82 Å². The fraction of sp³-hybridized carbons (Fsp3) is 0.522. The Bertz CT molecular complexity index is 944. The first-order chi connectivity index (χ1) is 15.2. The number of urea groups is 1. The van der Waals surface area contributed by atoms with Crippen molar-refractivity contribution in [2.24, 2.45) is 0 Å². The molecule has 0 radical (unpaired) electrons. The van der Waals surface area contributed by atoms with Crippen molar-refractivity contribution >= 4 is 17.5 Å². The van der Waals surface area contributed by atoms with Gasteiger partial charge in [-0.2, -0.15) is 0 Å². The molecule has 1 saturated heterocycles. The van der Waals surface area contributed by atoms with E-state index in [2.05, 4.69) is 27.8 Å². The van der Waals surface area contributed by atoms with Crippen molar-refractivity contribution in [2.75, 3.05) is 36.5 Å². The van der Waals surface area contributed by atoms with E-state index < -0.39 is 0 Å². The Morgan fingerprint density at radius 3 is 2.81 bits per heavy atom. The molecule has 2 aromatic rings. The quantitative estimate of drug-likeness (QED) is 0.702. The lowest BCUT2D eigenvalue weighted by Crippen LogP contribution is -2.45. The SMILES string of the molecule is CC1COCCN1c1nc(-c2ccc(NC(=O)NC3CCC3)cc2)nc2c1CCNC2. The molecule has 3 heterocycles. The number of aromatic nitrogens is 2. The minimum absolute atomic E-state index is 0.142. The summed E-state index contributed by atoms with van der Waals surface area (Å²) in [6.45, 7) is 6.18. The Balaban J connectivity index is 1.39. The molecule has 3 N–H and O–H groups in total. The number of hydrogen-bond acceptors (Lipinski definition) is 6. The molecular formula is C23H30N6O2. The van der Waals surface area contributed by atoms with Gasteiger partial charge in [0.2, 0.25) is 0 Å². The second-order valence-electron chi connectivity index (χ2n) is 8.64. The second-order valence-corrected chi connectivity index (χ2v) is 8.64. The molecule has 8 heteroatoms. The number of morpholine rings is 1. The largest absolute Gasteiger partial charge is 0.377 e. The van der Waals surface area contributed by atoms with Gasteiger partial charge in [-0.25, -0.2) is 14.8 Å². The number of nitrogens with zero attached hydrogens (tertiary/aromatic N) is 3. The number of carbonyl (C=O) groups is 1. The summed E-state index contributed by atoms with van der Waals surface area (Å²) in [6.07, 6.45) is 4.27. The smallest absolute Gasteiger partial charge is 0.319 e. The first kappa shape index (κ1) is 20.2. The van der Waals surface area contributed by atoms with Crippen molar-refractivity contribution in [1.29, 1.82) is 0 Å². The zero-order valence-electron chi connectivity index (χ0n) is 18.0. The molecule has 8 nitrogen and oxygen atoms in total. The number of anilines is 2. The van der Waals surface area contributed by atoms with E-state index in [0.717, 1.165) is 80.7 Å². The van der Waals surface area contributed by atoms with Crippen LogP contribution < -0.4 is 20.9 Å². The van der Waals surface area contributed by atoms with E-state index in [9.17, 15) is 4.79 Å². The zero-order valence-corrected chi connectivity index (χ0v) is 18.0. The average molecular weight is 423 g/mol. The Labute approximate surface area is 182 Å². The van der Waals surface area contributed by atoms with Crippen molar-refractivity contribution in [3.8, 4) is 11.4 Å². The lowest BCUT2D eigenvalue weighted by molar-refractivity contribution is 0.0984. The monoisotopic (exact) mass is 422 g/mol. The number of ether oxygens (including phenoxy) is 1. The molecule has 5 rings (SSSR count). The van der Waals surface area contributed by atoms with E-state index in [0.29, 0.717) is 6.04 Å². The van der Waals surface area contributed by atoms with Gasteiger partial charge in [0.15, 0.2) is 5.82 Å². The van der Waals surface area contributed by atoms with E-state index in [1.165, 1.54) is 12.0 Å². The molecule has 1 atom stereocenters. The molecule has 0 bridgehead atoms. The van der Waals surface area contributed by atoms with Gasteiger partial charge >= 0.3 is 6.03 Å². The van der Waals surface area contributed by atoms with Gasteiger partial charge in [0.25, 0.3) is 0 Å². The van der Waals surface area contributed by atoms with Gasteiger partial charge < -0.3 is 25.6 Å². The van der Waals surface area contributed by atoms with Gasteiger partial charge in [-0.05, 0) is 63.4 Å². The Morgan fingerprint density at radius 1 is 1.23 bits per heavy atom. The van der Waals surface area contributed by atoms with Crippen LogP contribution in [0.1, 0.15) is 37.4 Å². The van der Waals surface area contributed by atoms with Crippen molar-refractivity contribution in [2.45, 2.75) is 51.2 Å². The van der Waals surface area contributed by atoms with Gasteiger partial charge in [-0.15, -0.1) is 0 Å². The maximum atomic E-state index is 12.1. The normalized spacial score (nSPS) is 21.2. The van der Waals surface area contributed by atoms with Gasteiger partial charge in [-0.3, -0.25) is 0 Å². The maximum absolute atomic E-state index is 12.1. The number of rotatable bonds is 4. The molecule has 1 saturated carbocycles. The van der Waals surface area contributed by atoms with Crippen molar-refractivity contribution < 1.29 is 9.53 Å². The van der Waals surface area contributed by atoms with E-state index in [1.807, 2.05) is 24.3 Å². The summed E-state index contributed by atoms with van der Waals surface area (Å²) in [5, 5.41) is 9.34. The van der Waals surface area contributed by atoms with E-state index in [1.54, 1.807) is 0 Å². The highest BCUT2D eigenvalue weighted by Gasteiger charge is 2.27. The van der Waals surface area contributed by atoms with Crippen LogP contribution in [-0.2, 0) is 17.7 Å². The van der Waals surface area contributed by atoms with Crippen LogP contribution in [0.2, 0.25) is 0 Å². The van der Waals surface area contributed by atoms with Crippen LogP contribution in [-0.4, -0.2) is 54.4 Å². The number of carbonyl (C=O) groups excluding carboxylic acids is 1. The first-order valence-corrected chi connectivity index (χ1v) is 11.3. The van der Waals surface area contributed by atoms with E-state index >= 15 is 0 Å². The minimum atomic E-state index is -0.142. The summed E-state index contributed by atoms with van der Waals surface area (Å²) in [7, 11) is 0. The van der Waals surface area contributed by atoms with E-state index in [4.69, 9.17) is 14.7 Å². The summed E-state index contributed by atoms with van der Waals surface area (Å²) < 4.78 is 5.63. The molecular weight excluding hydrogens is 392 g/mol. The third-order valence-corrected chi connectivity index (χ3v) is 6.40. The molecule has 31 heavy (non-hydrogen) atoms. The highest BCUT2D eigenvalue weighted by atomic mass is 16.5. The molecule has 164 valence electrons. The molecule has 2 aliphatic heterocycles. The Morgan fingerprint density at radius 2 is 2.06 bits per heavy atom. The van der Waals surface area contributed by atoms with Crippen LogP contribution in [0, 0.1) is 0 Å². The predicted molar refractivity (Wildman–Crippen MR) is 120 cm³/mol. The fourth-order valence-corrected chi connectivity index (χ4v) is 4.36. The highest BCUT2D eigenvalue weighted by Crippen LogP contribution is 2.30. The maximum Gasteiger partial charge on any atom is 0.319 e. The summed E-state index contributed by atoms with van der Waals surface area (Å²) >= 11 is 0. The van der Waals surface area contributed by atoms with Crippen LogP contribution in [0.25, 0.3) is 11.4 Å². The lowest BCUT2D eigenvalue weighted by atomic mass is 9.93. The topological polar surface area (TPSA) is 91.4 Å². The average Bonchev–Trinajstić information content (AvgIpc) is 2.76. The summed E-state index contributed by atoms with van der Waals surface area (Å²) in [5.74, 6) is 1.76. The van der Waals surface area contributed by atoms with Crippen LogP contribution in [0.15, 0.2) is 24.3 Å². The van der Waals surface area contributed by atoms with E-state index in [-0.39, 0.29) is 12.1 Å². The molecule has 3 aliphatic rings. The van der Waals surface area contributed by atoms with Crippen molar-refractivity contribution in [1.82, 2.24) is 20.6 Å².